The van der Waals surface area contributed by atoms with E-state index in [0.717, 1.165) is 30.4 Å². The molecule has 1 heterocycles. The molecule has 0 atom stereocenters. The molecule has 2 rings (SSSR count). The molecule has 0 radical (unpaired) electrons. The number of hydrogen-bond donors (Lipinski definition) is 1. The zero-order chi connectivity index (χ0) is 17.6. The van der Waals surface area contributed by atoms with Gasteiger partial charge in [-0.2, -0.15) is 0 Å². The molecule has 132 valence electrons. The molecule has 0 spiro atoms. The van der Waals surface area contributed by atoms with Crippen LogP contribution < -0.4 is 9.46 Å². The summed E-state index contributed by atoms with van der Waals surface area (Å²) >= 11 is 0. The number of rotatable bonds is 5. The Bertz CT molecular complexity index is 675. The Morgan fingerprint density at radius 3 is 2.38 bits per heavy atom. The molecule has 24 heavy (non-hydrogen) atoms. The molecule has 1 aromatic carbocycles. The summed E-state index contributed by atoms with van der Waals surface area (Å²) in [6.45, 7) is 5.07. The lowest BCUT2D eigenvalue weighted by atomic mass is 10.1. The monoisotopic (exact) mass is 352 g/mol. The van der Waals surface area contributed by atoms with E-state index in [0.29, 0.717) is 18.7 Å². The molecule has 1 saturated heterocycles. The number of carbonyl (C=O) groups excluding carboxylic acids is 1. The van der Waals surface area contributed by atoms with Crippen molar-refractivity contribution in [3.8, 4) is 5.75 Å². The van der Waals surface area contributed by atoms with Crippen LogP contribution in [0.5, 0.6) is 5.75 Å². The zero-order valence-corrected chi connectivity index (χ0v) is 14.9. The van der Waals surface area contributed by atoms with Crippen molar-refractivity contribution >= 4 is 22.1 Å². The lowest BCUT2D eigenvalue weighted by molar-refractivity contribution is 0.192. The van der Waals surface area contributed by atoms with E-state index < -0.39 is 16.1 Å². The molecule has 1 aromatic rings. The summed E-state index contributed by atoms with van der Waals surface area (Å²) in [4.78, 5) is 13.5. The van der Waals surface area contributed by atoms with Gasteiger partial charge in [-0.3, -0.25) is 0 Å². The number of sulfonamides is 1. The van der Waals surface area contributed by atoms with Crippen LogP contribution in [0.2, 0.25) is 0 Å². The highest BCUT2D eigenvalue weighted by Gasteiger charge is 2.20. The molecule has 2 amide bonds. The molecule has 7 heteroatoms. The summed E-state index contributed by atoms with van der Waals surface area (Å²) < 4.78 is 31.6. The molecule has 0 saturated carbocycles. The van der Waals surface area contributed by atoms with Crippen molar-refractivity contribution in [1.82, 2.24) is 9.62 Å². The second kappa shape index (κ2) is 8.19. The lowest BCUT2D eigenvalue weighted by Crippen LogP contribution is -2.44. The largest absolute Gasteiger partial charge is 0.491 e. The number of nitrogens with one attached hydrogen (secondary N) is 1. The first-order valence-corrected chi connectivity index (χ1v) is 9.67. The molecular weight excluding hydrogens is 328 g/mol. The van der Waals surface area contributed by atoms with Gasteiger partial charge in [-0.15, -0.1) is 0 Å². The van der Waals surface area contributed by atoms with Gasteiger partial charge in [0.1, 0.15) is 5.75 Å². The average Bonchev–Trinajstić information content (AvgIpc) is 2.54. The Morgan fingerprint density at radius 2 is 1.79 bits per heavy atom. The van der Waals surface area contributed by atoms with Gasteiger partial charge in [0.25, 0.3) is 10.0 Å². The Hall–Kier alpha value is -2.02. The van der Waals surface area contributed by atoms with Crippen molar-refractivity contribution in [2.45, 2.75) is 39.2 Å². The minimum absolute atomic E-state index is 0.0803. The minimum atomic E-state index is -3.81. The number of piperidine rings is 1. The fourth-order valence-electron chi connectivity index (χ4n) is 2.42. The van der Waals surface area contributed by atoms with Gasteiger partial charge in [-0.05, 0) is 56.9 Å². The quantitative estimate of drug-likeness (QED) is 0.884. The maximum atomic E-state index is 12.0. The van der Waals surface area contributed by atoms with Gasteiger partial charge in [0.2, 0.25) is 0 Å². The second-order valence-electron chi connectivity index (χ2n) is 6.04. The van der Waals surface area contributed by atoms with E-state index >= 15 is 0 Å². The van der Waals surface area contributed by atoms with Crippen LogP contribution in [0.15, 0.2) is 29.7 Å². The maximum absolute atomic E-state index is 12.0. The molecule has 0 unspecified atom stereocenters. The Balaban J connectivity index is 1.94. The van der Waals surface area contributed by atoms with Crippen LogP contribution in [0, 0.1) is 0 Å². The van der Waals surface area contributed by atoms with Crippen LogP contribution in [0.4, 0.5) is 4.79 Å². The normalized spacial score (nSPS) is 15.7. The summed E-state index contributed by atoms with van der Waals surface area (Å²) in [6, 6.07) is 6.52. The Kier molecular flexibility index (Phi) is 6.25. The Labute approximate surface area is 143 Å². The van der Waals surface area contributed by atoms with Crippen LogP contribution in [0.1, 0.15) is 38.7 Å². The van der Waals surface area contributed by atoms with Crippen LogP contribution in [0.3, 0.4) is 0 Å². The van der Waals surface area contributed by atoms with E-state index in [2.05, 4.69) is 4.72 Å². The number of ether oxygens (including phenoxy) is 1. The number of hydrogen-bond acceptors (Lipinski definition) is 4. The third-order valence-corrected chi connectivity index (χ3v) is 4.52. The number of benzene rings is 1. The van der Waals surface area contributed by atoms with E-state index in [1.165, 1.54) is 11.0 Å². The zero-order valence-electron chi connectivity index (χ0n) is 14.1. The molecule has 0 aromatic heterocycles. The highest BCUT2D eigenvalue weighted by Crippen LogP contribution is 2.15. The predicted octanol–water partition coefficient (Wildman–Crippen LogP) is 2.97. The van der Waals surface area contributed by atoms with Crippen molar-refractivity contribution in [2.24, 2.45) is 0 Å². The maximum Gasteiger partial charge on any atom is 0.331 e. The average molecular weight is 352 g/mol. The standard InChI is InChI=1S/C17H24N2O4S/c1-14(2)23-16-8-6-15(7-9-16)10-13-24(21,22)18-17(20)19-11-4-3-5-12-19/h6-10,13-14H,3-5,11-12H2,1-2H3,(H,18,20). The number of urea groups is 1. The number of likely N-dealkylation sites (tertiary alicyclic amines) is 1. The molecule has 1 fully saturated rings. The van der Waals surface area contributed by atoms with E-state index in [-0.39, 0.29) is 6.10 Å². The number of amides is 2. The van der Waals surface area contributed by atoms with Crippen LogP contribution in [-0.4, -0.2) is 38.5 Å². The van der Waals surface area contributed by atoms with Gasteiger partial charge in [-0.1, -0.05) is 12.1 Å². The van der Waals surface area contributed by atoms with Gasteiger partial charge in [0.15, 0.2) is 0 Å². The fourth-order valence-corrected chi connectivity index (χ4v) is 3.19. The van der Waals surface area contributed by atoms with Gasteiger partial charge >= 0.3 is 6.03 Å². The summed E-state index contributed by atoms with van der Waals surface area (Å²) in [5.74, 6) is 0.725. The molecule has 1 aliphatic rings. The van der Waals surface area contributed by atoms with E-state index in [9.17, 15) is 13.2 Å². The number of nitrogens with zero attached hydrogens (tertiary/aromatic N) is 1. The van der Waals surface area contributed by atoms with Crippen LogP contribution in [-0.2, 0) is 10.0 Å². The highest BCUT2D eigenvalue weighted by molar-refractivity contribution is 7.93. The third-order valence-electron chi connectivity index (χ3n) is 3.56. The SMILES string of the molecule is CC(C)Oc1ccc(C=CS(=O)(=O)NC(=O)N2CCCCC2)cc1. The molecular formula is C17H24N2O4S. The van der Waals surface area contributed by atoms with Crippen molar-refractivity contribution in [2.75, 3.05) is 13.1 Å². The summed E-state index contributed by atoms with van der Waals surface area (Å²) in [6.07, 6.45) is 4.43. The van der Waals surface area contributed by atoms with Gasteiger partial charge < -0.3 is 9.64 Å². The first-order valence-electron chi connectivity index (χ1n) is 8.12. The van der Waals surface area contributed by atoms with Gasteiger partial charge in [0.05, 0.1) is 11.5 Å². The van der Waals surface area contributed by atoms with Gasteiger partial charge in [-0.25, -0.2) is 17.9 Å². The molecule has 1 N–H and O–H groups in total. The summed E-state index contributed by atoms with van der Waals surface area (Å²) in [7, 11) is -3.81. The third kappa shape index (κ3) is 5.88. The topological polar surface area (TPSA) is 75.7 Å². The minimum Gasteiger partial charge on any atom is -0.491 e. The summed E-state index contributed by atoms with van der Waals surface area (Å²) in [5.41, 5.74) is 0.710. The Morgan fingerprint density at radius 1 is 1.17 bits per heavy atom. The first kappa shape index (κ1) is 18.3. The summed E-state index contributed by atoms with van der Waals surface area (Å²) in [5, 5.41) is 1.01. The second-order valence-corrected chi connectivity index (χ2v) is 7.60. The van der Waals surface area contributed by atoms with Crippen molar-refractivity contribution in [3.05, 3.63) is 35.2 Å². The molecule has 0 bridgehead atoms. The fraction of sp³-hybridized carbons (Fsp3) is 0.471. The van der Waals surface area contributed by atoms with Crippen LogP contribution >= 0.6 is 0 Å². The van der Waals surface area contributed by atoms with E-state index in [1.54, 1.807) is 24.3 Å². The van der Waals surface area contributed by atoms with Gasteiger partial charge in [0, 0.05) is 13.1 Å². The number of carbonyl (C=O) groups is 1. The predicted molar refractivity (Wildman–Crippen MR) is 94.1 cm³/mol. The highest BCUT2D eigenvalue weighted by atomic mass is 32.2. The van der Waals surface area contributed by atoms with E-state index in [4.69, 9.17) is 4.74 Å². The van der Waals surface area contributed by atoms with E-state index in [1.807, 2.05) is 13.8 Å². The van der Waals surface area contributed by atoms with Crippen molar-refractivity contribution in [3.63, 3.8) is 0 Å². The van der Waals surface area contributed by atoms with Crippen molar-refractivity contribution in [1.29, 1.82) is 0 Å². The molecule has 0 aliphatic carbocycles. The lowest BCUT2D eigenvalue weighted by Gasteiger charge is -2.26. The molecule has 1 aliphatic heterocycles. The smallest absolute Gasteiger partial charge is 0.331 e. The van der Waals surface area contributed by atoms with Crippen molar-refractivity contribution < 1.29 is 17.9 Å². The first-order chi connectivity index (χ1) is 11.4. The molecule has 6 nitrogen and oxygen atoms in total. The van der Waals surface area contributed by atoms with Crippen LogP contribution in [0.25, 0.3) is 6.08 Å².